The van der Waals surface area contributed by atoms with Gasteiger partial charge in [-0.2, -0.15) is 0 Å². The number of nitrogens with two attached hydrogens (primary N) is 2. The molecule has 2 aromatic heterocycles. The molecule has 4 aromatic rings. The Labute approximate surface area is 187 Å². The minimum absolute atomic E-state index is 0.511. The van der Waals surface area contributed by atoms with Crippen LogP contribution >= 0.6 is 67.5 Å². The topological polar surface area (TPSA) is 77.8 Å². The number of hydrogen-bond donors (Lipinski definition) is 2. The lowest BCUT2D eigenvalue weighted by Crippen LogP contribution is -1.84. The third-order valence-electron chi connectivity index (χ3n) is 3.61. The van der Waals surface area contributed by atoms with Gasteiger partial charge in [0.15, 0.2) is 10.3 Å². The Bertz CT molecular complexity index is 1050. The van der Waals surface area contributed by atoms with Gasteiger partial charge in [-0.15, -0.1) is 0 Å². The third kappa shape index (κ3) is 4.42. The molecule has 0 spiro atoms. The fraction of sp³-hybridized carbons (Fsp3) is 0. The van der Waals surface area contributed by atoms with Crippen LogP contribution in [-0.4, -0.2) is 9.97 Å². The van der Waals surface area contributed by atoms with E-state index >= 15 is 0 Å². The number of anilines is 2. The summed E-state index contributed by atoms with van der Waals surface area (Å²) in [6, 6.07) is 15.2. The lowest BCUT2D eigenvalue weighted by molar-refractivity contribution is 1.37. The summed E-state index contributed by atoms with van der Waals surface area (Å²) in [5.74, 6) is 0. The third-order valence-corrected chi connectivity index (χ3v) is 9.10. The highest BCUT2D eigenvalue weighted by molar-refractivity contribution is 8.77. The number of nitrogen functional groups attached to an aromatic ring is 2. The summed E-state index contributed by atoms with van der Waals surface area (Å²) in [5.41, 5.74) is 15.5. The zero-order valence-corrected chi connectivity index (χ0v) is 18.8. The molecule has 0 radical (unpaired) electrons. The molecule has 4 N–H and O–H groups in total. The van der Waals surface area contributed by atoms with E-state index in [0.29, 0.717) is 20.3 Å². The quantitative estimate of drug-likeness (QED) is 0.292. The number of hydrogen-bond acceptors (Lipinski definition) is 8. The molecular formula is C18H12Cl2N4S4. The van der Waals surface area contributed by atoms with Crippen LogP contribution in [0.2, 0.25) is 10.0 Å². The highest BCUT2D eigenvalue weighted by Gasteiger charge is 2.18. The predicted molar refractivity (Wildman–Crippen MR) is 126 cm³/mol. The Balaban J connectivity index is 1.63. The predicted octanol–water partition coefficient (Wildman–Crippen LogP) is 7.20. The lowest BCUT2D eigenvalue weighted by atomic mass is 10.2. The molecule has 0 aliphatic carbocycles. The van der Waals surface area contributed by atoms with Gasteiger partial charge in [0.1, 0.15) is 8.42 Å². The monoisotopic (exact) mass is 482 g/mol. The molecule has 4 rings (SSSR count). The Morgan fingerprint density at radius 3 is 1.54 bits per heavy atom. The Morgan fingerprint density at radius 1 is 0.714 bits per heavy atom. The van der Waals surface area contributed by atoms with E-state index in [1.165, 1.54) is 22.7 Å². The second-order valence-electron chi connectivity index (χ2n) is 5.56. The van der Waals surface area contributed by atoms with Crippen molar-refractivity contribution >= 4 is 77.7 Å². The molecular weight excluding hydrogens is 471 g/mol. The fourth-order valence-electron chi connectivity index (χ4n) is 2.47. The second kappa shape index (κ2) is 8.52. The number of thiazole rings is 2. The van der Waals surface area contributed by atoms with Crippen molar-refractivity contribution in [3.05, 3.63) is 58.6 Å². The maximum atomic E-state index is 6.13. The van der Waals surface area contributed by atoms with Crippen LogP contribution in [0, 0.1) is 0 Å². The first kappa shape index (κ1) is 19.9. The minimum Gasteiger partial charge on any atom is -0.375 e. The van der Waals surface area contributed by atoms with Gasteiger partial charge in [-0.25, -0.2) is 9.97 Å². The molecule has 28 heavy (non-hydrogen) atoms. The van der Waals surface area contributed by atoms with Crippen LogP contribution in [0.1, 0.15) is 0 Å². The van der Waals surface area contributed by atoms with Gasteiger partial charge in [0.25, 0.3) is 0 Å². The molecule has 0 bridgehead atoms. The van der Waals surface area contributed by atoms with Gasteiger partial charge in [0.2, 0.25) is 0 Å². The van der Waals surface area contributed by atoms with Gasteiger partial charge < -0.3 is 11.5 Å². The molecule has 0 aliphatic rings. The molecule has 0 saturated carbocycles. The Hall–Kier alpha value is -1.42. The highest BCUT2D eigenvalue weighted by atomic mass is 35.5. The first-order chi connectivity index (χ1) is 13.5. The summed E-state index contributed by atoms with van der Waals surface area (Å²) in [6.45, 7) is 0. The molecule has 0 aliphatic heterocycles. The van der Waals surface area contributed by atoms with Crippen LogP contribution in [-0.2, 0) is 0 Å². The maximum absolute atomic E-state index is 6.13. The van der Waals surface area contributed by atoms with Crippen LogP contribution < -0.4 is 11.5 Å². The maximum Gasteiger partial charge on any atom is 0.181 e. The van der Waals surface area contributed by atoms with Crippen molar-refractivity contribution in [2.45, 2.75) is 8.42 Å². The standard InChI is InChI=1S/C18H12Cl2N4S4/c19-11-5-1-3-9(7-11)13-15(25-17(21)23-13)27-28-16-14(24-18(22)26-16)10-4-2-6-12(20)8-10/h1-8H,(H2,21,23)(H2,22,24). The van der Waals surface area contributed by atoms with E-state index in [4.69, 9.17) is 34.7 Å². The largest absolute Gasteiger partial charge is 0.375 e. The Kier molecular flexibility index (Phi) is 6.05. The molecule has 4 nitrogen and oxygen atoms in total. The van der Waals surface area contributed by atoms with Crippen molar-refractivity contribution in [2.24, 2.45) is 0 Å². The lowest BCUT2D eigenvalue weighted by Gasteiger charge is -2.04. The molecule has 0 atom stereocenters. The number of aromatic nitrogens is 2. The van der Waals surface area contributed by atoms with Crippen molar-refractivity contribution in [2.75, 3.05) is 11.5 Å². The second-order valence-corrected chi connectivity index (χ2v) is 11.2. The van der Waals surface area contributed by atoms with Crippen molar-refractivity contribution in [3.8, 4) is 22.5 Å². The fourth-order valence-corrected chi connectivity index (χ4v) is 7.60. The molecule has 0 saturated heterocycles. The van der Waals surface area contributed by atoms with Crippen LogP contribution in [0.3, 0.4) is 0 Å². The number of benzene rings is 2. The molecule has 10 heteroatoms. The first-order valence-electron chi connectivity index (χ1n) is 7.88. The van der Waals surface area contributed by atoms with E-state index in [9.17, 15) is 0 Å². The van der Waals surface area contributed by atoms with Gasteiger partial charge in [-0.05, 0) is 45.9 Å². The van der Waals surface area contributed by atoms with Gasteiger partial charge in [-0.1, -0.05) is 70.1 Å². The van der Waals surface area contributed by atoms with Crippen molar-refractivity contribution in [1.82, 2.24) is 9.97 Å². The first-order valence-corrected chi connectivity index (χ1v) is 12.4. The van der Waals surface area contributed by atoms with Crippen LogP contribution in [0.5, 0.6) is 0 Å². The molecule has 142 valence electrons. The molecule has 2 heterocycles. The van der Waals surface area contributed by atoms with E-state index < -0.39 is 0 Å². The smallest absolute Gasteiger partial charge is 0.181 e. The summed E-state index contributed by atoms with van der Waals surface area (Å²) in [6.07, 6.45) is 0. The van der Waals surface area contributed by atoms with Gasteiger partial charge in [0.05, 0.1) is 11.4 Å². The van der Waals surface area contributed by atoms with Gasteiger partial charge in [0, 0.05) is 21.2 Å². The average molecular weight is 483 g/mol. The summed E-state index contributed by atoms with van der Waals surface area (Å²) in [4.78, 5) is 8.96. The Morgan fingerprint density at radius 2 is 1.14 bits per heavy atom. The van der Waals surface area contributed by atoms with Gasteiger partial charge in [-0.3, -0.25) is 0 Å². The zero-order chi connectivity index (χ0) is 19.7. The number of rotatable bonds is 5. The van der Waals surface area contributed by atoms with E-state index in [0.717, 1.165) is 30.9 Å². The normalized spacial score (nSPS) is 11.1. The van der Waals surface area contributed by atoms with Crippen molar-refractivity contribution in [1.29, 1.82) is 0 Å². The minimum atomic E-state index is 0.511. The number of halogens is 2. The molecule has 0 unspecified atom stereocenters. The summed E-state index contributed by atoms with van der Waals surface area (Å²) in [7, 11) is 3.16. The van der Waals surface area contributed by atoms with Crippen molar-refractivity contribution < 1.29 is 0 Å². The SMILES string of the molecule is Nc1nc(-c2cccc(Cl)c2)c(SSc2sc(N)nc2-c2cccc(Cl)c2)s1. The summed E-state index contributed by atoms with van der Waals surface area (Å²) < 4.78 is 1.99. The molecule has 0 amide bonds. The average Bonchev–Trinajstić information content (AvgIpc) is 3.22. The highest BCUT2D eigenvalue weighted by Crippen LogP contribution is 2.50. The summed E-state index contributed by atoms with van der Waals surface area (Å²) in [5, 5.41) is 2.34. The van der Waals surface area contributed by atoms with Crippen LogP contribution in [0.4, 0.5) is 10.3 Å². The zero-order valence-electron chi connectivity index (χ0n) is 14.1. The van der Waals surface area contributed by atoms with Gasteiger partial charge >= 0.3 is 0 Å². The molecule has 0 fully saturated rings. The van der Waals surface area contributed by atoms with E-state index in [1.54, 1.807) is 21.6 Å². The number of nitrogens with zero attached hydrogens (tertiary/aromatic N) is 2. The molecule has 2 aromatic carbocycles. The van der Waals surface area contributed by atoms with E-state index in [1.807, 2.05) is 48.5 Å². The van der Waals surface area contributed by atoms with E-state index in [-0.39, 0.29) is 0 Å². The van der Waals surface area contributed by atoms with Crippen LogP contribution in [0.15, 0.2) is 56.9 Å². The van der Waals surface area contributed by atoms with Crippen molar-refractivity contribution in [3.63, 3.8) is 0 Å². The van der Waals surface area contributed by atoms with Crippen LogP contribution in [0.25, 0.3) is 22.5 Å². The van der Waals surface area contributed by atoms with E-state index in [2.05, 4.69) is 9.97 Å². The summed E-state index contributed by atoms with van der Waals surface area (Å²) >= 11 is 15.1.